The Labute approximate surface area is 143 Å². The molecule has 0 saturated carbocycles. The largest absolute Gasteiger partial charge is 0.368 e. The van der Waals surface area contributed by atoms with E-state index in [2.05, 4.69) is 39.0 Å². The first-order chi connectivity index (χ1) is 11.7. The zero-order valence-electron chi connectivity index (χ0n) is 13.0. The molecule has 0 radical (unpaired) electrons. The van der Waals surface area contributed by atoms with Crippen molar-refractivity contribution >= 4 is 38.1 Å². The van der Waals surface area contributed by atoms with Crippen molar-refractivity contribution in [3.63, 3.8) is 0 Å². The van der Waals surface area contributed by atoms with Gasteiger partial charge in [0.25, 0.3) is 5.69 Å². The van der Waals surface area contributed by atoms with Crippen molar-refractivity contribution in [2.75, 3.05) is 36.0 Å². The predicted molar refractivity (Wildman–Crippen MR) is 97.1 cm³/mol. The van der Waals surface area contributed by atoms with E-state index in [0.29, 0.717) is 0 Å². The van der Waals surface area contributed by atoms with Gasteiger partial charge in [-0.25, -0.2) is 4.98 Å². The highest BCUT2D eigenvalue weighted by Crippen LogP contribution is 2.32. The summed E-state index contributed by atoms with van der Waals surface area (Å²) in [6.45, 7) is 3.69. The lowest BCUT2D eigenvalue weighted by Crippen LogP contribution is -2.46. The van der Waals surface area contributed by atoms with Gasteiger partial charge >= 0.3 is 0 Å². The maximum atomic E-state index is 10.9. The van der Waals surface area contributed by atoms with Gasteiger partial charge < -0.3 is 9.80 Å². The Morgan fingerprint density at radius 2 is 1.71 bits per heavy atom. The van der Waals surface area contributed by atoms with Crippen LogP contribution < -0.4 is 9.80 Å². The summed E-state index contributed by atoms with van der Waals surface area (Å²) in [6.07, 6.45) is 0. The molecule has 2 aromatic carbocycles. The third-order valence-corrected chi connectivity index (χ3v) is 5.32. The number of thiazole rings is 1. The van der Waals surface area contributed by atoms with Crippen LogP contribution in [0.1, 0.15) is 0 Å². The number of nitrogens with zero attached hydrogens (tertiary/aromatic N) is 4. The summed E-state index contributed by atoms with van der Waals surface area (Å²) < 4.78 is 0.865. The Morgan fingerprint density at radius 1 is 1.00 bits per heavy atom. The van der Waals surface area contributed by atoms with Gasteiger partial charge in [0, 0.05) is 44.0 Å². The van der Waals surface area contributed by atoms with Crippen LogP contribution in [0.15, 0.2) is 48.5 Å². The lowest BCUT2D eigenvalue weighted by atomic mass is 10.2. The van der Waals surface area contributed by atoms with E-state index in [-0.39, 0.29) is 10.6 Å². The van der Waals surface area contributed by atoms with E-state index >= 15 is 0 Å². The minimum absolute atomic E-state index is 0.117. The number of nitro groups is 1. The molecule has 1 aliphatic rings. The van der Waals surface area contributed by atoms with Crippen LogP contribution in [-0.2, 0) is 0 Å². The lowest BCUT2D eigenvalue weighted by Gasteiger charge is -2.35. The van der Waals surface area contributed by atoms with Crippen molar-refractivity contribution in [3.8, 4) is 0 Å². The first-order valence-electron chi connectivity index (χ1n) is 7.81. The molecule has 4 rings (SSSR count). The first kappa shape index (κ1) is 14.9. The van der Waals surface area contributed by atoms with Crippen LogP contribution >= 0.6 is 11.3 Å². The van der Waals surface area contributed by atoms with Crippen LogP contribution in [0.5, 0.6) is 0 Å². The second-order valence-corrected chi connectivity index (χ2v) is 6.72. The molecule has 7 heteroatoms. The van der Waals surface area contributed by atoms with Gasteiger partial charge in [-0.3, -0.25) is 10.1 Å². The quantitative estimate of drug-likeness (QED) is 0.539. The van der Waals surface area contributed by atoms with Gasteiger partial charge in [0.1, 0.15) is 0 Å². The summed E-state index contributed by atoms with van der Waals surface area (Å²) in [5.74, 6) is 0. The van der Waals surface area contributed by atoms with Crippen molar-refractivity contribution in [2.24, 2.45) is 0 Å². The second-order valence-electron chi connectivity index (χ2n) is 5.72. The Morgan fingerprint density at radius 3 is 2.42 bits per heavy atom. The minimum Gasteiger partial charge on any atom is -0.368 e. The van der Waals surface area contributed by atoms with Gasteiger partial charge in [-0.2, -0.15) is 0 Å². The molecular weight excluding hydrogens is 324 g/mol. The smallest absolute Gasteiger partial charge is 0.270 e. The van der Waals surface area contributed by atoms with Gasteiger partial charge in [-0.1, -0.05) is 29.5 Å². The van der Waals surface area contributed by atoms with Gasteiger partial charge in [-0.15, -0.1) is 0 Å². The van der Waals surface area contributed by atoms with E-state index in [1.807, 2.05) is 6.07 Å². The number of hydrogen-bond acceptors (Lipinski definition) is 6. The number of hydrogen-bond donors (Lipinski definition) is 0. The summed E-state index contributed by atoms with van der Waals surface area (Å²) in [5, 5.41) is 11.8. The van der Waals surface area contributed by atoms with Crippen molar-refractivity contribution in [3.05, 3.63) is 58.6 Å². The number of benzene rings is 2. The number of anilines is 2. The molecule has 0 N–H and O–H groups in total. The predicted octanol–water partition coefficient (Wildman–Crippen LogP) is 3.53. The van der Waals surface area contributed by atoms with Gasteiger partial charge in [0.2, 0.25) is 0 Å². The average Bonchev–Trinajstić information content (AvgIpc) is 3.06. The minimum atomic E-state index is -0.364. The highest BCUT2D eigenvalue weighted by molar-refractivity contribution is 7.22. The molecule has 0 unspecified atom stereocenters. The summed E-state index contributed by atoms with van der Waals surface area (Å²) in [4.78, 5) is 19.8. The lowest BCUT2D eigenvalue weighted by molar-refractivity contribution is -0.384. The standard InChI is InChI=1S/C17H16N4O2S/c22-21(23)14-6-7-15-16(12-14)24-17(18-15)20-10-8-19(9-11-20)13-4-2-1-3-5-13/h1-7,12H,8-11H2. The molecule has 1 fully saturated rings. The van der Waals surface area contributed by atoms with Crippen LogP contribution in [0, 0.1) is 10.1 Å². The van der Waals surface area contributed by atoms with Gasteiger partial charge in [0.05, 0.1) is 15.1 Å². The molecule has 0 aliphatic carbocycles. The summed E-state index contributed by atoms with van der Waals surface area (Å²) in [7, 11) is 0. The molecule has 1 saturated heterocycles. The van der Waals surface area contributed by atoms with Crippen molar-refractivity contribution in [2.45, 2.75) is 0 Å². The summed E-state index contributed by atoms with van der Waals surface area (Å²) in [5.41, 5.74) is 2.19. The van der Waals surface area contributed by atoms with E-state index in [0.717, 1.165) is 41.5 Å². The number of fused-ring (bicyclic) bond motifs is 1. The van der Waals surface area contributed by atoms with Crippen molar-refractivity contribution in [1.82, 2.24) is 4.98 Å². The third-order valence-electron chi connectivity index (χ3n) is 4.24. The van der Waals surface area contributed by atoms with Crippen LogP contribution in [0.4, 0.5) is 16.5 Å². The molecule has 0 bridgehead atoms. The molecule has 1 aliphatic heterocycles. The Balaban J connectivity index is 1.51. The van der Waals surface area contributed by atoms with E-state index in [4.69, 9.17) is 0 Å². The molecule has 0 atom stereocenters. The zero-order chi connectivity index (χ0) is 16.5. The summed E-state index contributed by atoms with van der Waals surface area (Å²) in [6, 6.07) is 15.3. The molecule has 2 heterocycles. The maximum Gasteiger partial charge on any atom is 0.270 e. The van der Waals surface area contributed by atoms with E-state index in [9.17, 15) is 10.1 Å². The topological polar surface area (TPSA) is 62.5 Å². The van der Waals surface area contributed by atoms with Crippen LogP contribution in [0.25, 0.3) is 10.2 Å². The number of nitro benzene ring substituents is 1. The van der Waals surface area contributed by atoms with Gasteiger partial charge in [0.15, 0.2) is 5.13 Å². The molecule has 3 aromatic rings. The van der Waals surface area contributed by atoms with Gasteiger partial charge in [-0.05, 0) is 18.2 Å². The molecular formula is C17H16N4O2S. The fourth-order valence-corrected chi connectivity index (χ4v) is 3.99. The molecule has 0 spiro atoms. The Hall–Kier alpha value is -2.67. The van der Waals surface area contributed by atoms with Crippen LogP contribution in [-0.4, -0.2) is 36.1 Å². The van der Waals surface area contributed by atoms with E-state index < -0.39 is 0 Å². The highest BCUT2D eigenvalue weighted by atomic mass is 32.1. The van der Waals surface area contributed by atoms with E-state index in [1.165, 1.54) is 23.1 Å². The zero-order valence-corrected chi connectivity index (χ0v) is 13.8. The molecule has 6 nitrogen and oxygen atoms in total. The highest BCUT2D eigenvalue weighted by Gasteiger charge is 2.20. The molecule has 0 amide bonds. The van der Waals surface area contributed by atoms with Crippen LogP contribution in [0.3, 0.4) is 0 Å². The number of non-ortho nitro benzene ring substituents is 1. The number of piperazine rings is 1. The number of rotatable bonds is 3. The Bertz CT molecular complexity index is 873. The van der Waals surface area contributed by atoms with Crippen LogP contribution in [0.2, 0.25) is 0 Å². The second kappa shape index (κ2) is 6.09. The van der Waals surface area contributed by atoms with Crippen molar-refractivity contribution < 1.29 is 4.92 Å². The Kier molecular flexibility index (Phi) is 3.78. The molecule has 1 aromatic heterocycles. The third kappa shape index (κ3) is 2.78. The van der Waals surface area contributed by atoms with E-state index in [1.54, 1.807) is 12.1 Å². The first-order valence-corrected chi connectivity index (χ1v) is 8.62. The fourth-order valence-electron chi connectivity index (χ4n) is 2.94. The molecule has 122 valence electrons. The SMILES string of the molecule is O=[N+]([O-])c1ccc2nc(N3CCN(c4ccccc4)CC3)sc2c1. The normalized spacial score (nSPS) is 15.0. The fraction of sp³-hybridized carbons (Fsp3) is 0.235. The number of aromatic nitrogens is 1. The average molecular weight is 340 g/mol. The molecule has 24 heavy (non-hydrogen) atoms. The maximum absolute atomic E-state index is 10.9. The van der Waals surface area contributed by atoms with Crippen molar-refractivity contribution in [1.29, 1.82) is 0 Å². The monoisotopic (exact) mass is 340 g/mol. The summed E-state index contributed by atoms with van der Waals surface area (Å²) >= 11 is 1.52. The number of para-hydroxylation sites is 1.